The van der Waals surface area contributed by atoms with Gasteiger partial charge in [-0.2, -0.15) is 0 Å². The zero-order valence-corrected chi connectivity index (χ0v) is 11.2. The second-order valence-electron chi connectivity index (χ2n) is 3.56. The summed E-state index contributed by atoms with van der Waals surface area (Å²) in [6.45, 7) is -1.11. The van der Waals surface area contributed by atoms with Gasteiger partial charge in [0.1, 0.15) is 0 Å². The van der Waals surface area contributed by atoms with Crippen LogP contribution < -0.4 is 0 Å². The van der Waals surface area contributed by atoms with Crippen LogP contribution in [0.15, 0.2) is 23.1 Å². The largest absolute Gasteiger partial charge is 0.522 e. The van der Waals surface area contributed by atoms with Crippen LogP contribution in [0.25, 0.3) is 0 Å². The van der Waals surface area contributed by atoms with Gasteiger partial charge in [-0.05, 0) is 18.2 Å². The molecule has 1 aromatic carbocycles. The first-order valence-electron chi connectivity index (χ1n) is 4.99. The number of aromatic carboxylic acids is 1. The topological polar surface area (TPSA) is 80.7 Å². The van der Waals surface area contributed by atoms with Gasteiger partial charge in [0, 0.05) is 0 Å². The highest BCUT2D eigenvalue weighted by atomic mass is 35.5. The second-order valence-corrected chi connectivity index (χ2v) is 6.05. The van der Waals surface area contributed by atoms with Gasteiger partial charge >= 0.3 is 12.3 Å². The highest BCUT2D eigenvalue weighted by Gasteiger charge is 2.30. The van der Waals surface area contributed by atoms with Gasteiger partial charge < -0.3 is 5.11 Å². The minimum atomic E-state index is -4.94. The second kappa shape index (κ2) is 5.98. The first-order valence-corrected chi connectivity index (χ1v) is 7.02. The number of alkyl halides is 3. The van der Waals surface area contributed by atoms with Crippen LogP contribution in [0.2, 0.25) is 5.02 Å². The quantitative estimate of drug-likeness (QED) is 0.895. The van der Waals surface area contributed by atoms with Gasteiger partial charge in [0.05, 0.1) is 27.8 Å². The molecule has 1 aromatic rings. The molecule has 1 N–H and O–H groups in total. The smallest absolute Gasteiger partial charge is 0.478 e. The first-order chi connectivity index (χ1) is 9.03. The molecule has 0 atom stereocenters. The fourth-order valence-corrected chi connectivity index (χ4v) is 2.92. The van der Waals surface area contributed by atoms with Crippen LogP contribution in [0.5, 0.6) is 0 Å². The zero-order valence-electron chi connectivity index (χ0n) is 9.65. The Labute approximate surface area is 116 Å². The molecule has 0 saturated carbocycles. The summed E-state index contributed by atoms with van der Waals surface area (Å²) >= 11 is 5.62. The molecular weight excluding hydrogens is 325 g/mol. The Balaban J connectivity index is 2.97. The van der Waals surface area contributed by atoms with Crippen LogP contribution in [0, 0.1) is 0 Å². The van der Waals surface area contributed by atoms with Crippen molar-refractivity contribution in [1.29, 1.82) is 0 Å². The van der Waals surface area contributed by atoms with Crippen LogP contribution in [-0.2, 0) is 14.6 Å². The number of sulfone groups is 1. The van der Waals surface area contributed by atoms with Gasteiger partial charge in [-0.25, -0.2) is 13.2 Å². The Morgan fingerprint density at radius 2 is 1.95 bits per heavy atom. The highest BCUT2D eigenvalue weighted by molar-refractivity contribution is 7.91. The Hall–Kier alpha value is -1.32. The van der Waals surface area contributed by atoms with Gasteiger partial charge in [0.25, 0.3) is 0 Å². The first kappa shape index (κ1) is 16.7. The normalized spacial score (nSPS) is 12.4. The summed E-state index contributed by atoms with van der Waals surface area (Å²) in [5.74, 6) is -2.36. The number of rotatable bonds is 5. The van der Waals surface area contributed by atoms with Crippen molar-refractivity contribution in [3.63, 3.8) is 0 Å². The molecule has 0 radical (unpaired) electrons. The average molecular weight is 333 g/mol. The number of hydrogen-bond donors (Lipinski definition) is 1. The molecule has 0 unspecified atom stereocenters. The van der Waals surface area contributed by atoms with E-state index in [9.17, 15) is 26.4 Å². The van der Waals surface area contributed by atoms with Gasteiger partial charge in [0.2, 0.25) is 0 Å². The number of hydrogen-bond acceptors (Lipinski definition) is 4. The molecule has 0 aromatic heterocycles. The number of ether oxygens (including phenoxy) is 1. The summed E-state index contributed by atoms with van der Waals surface area (Å²) in [6, 6.07) is 2.91. The van der Waals surface area contributed by atoms with Crippen molar-refractivity contribution in [3.8, 4) is 0 Å². The summed E-state index contributed by atoms with van der Waals surface area (Å²) in [6.07, 6.45) is -4.94. The van der Waals surface area contributed by atoms with Crippen LogP contribution in [0.3, 0.4) is 0 Å². The molecule has 112 valence electrons. The fraction of sp³-hybridized carbons (Fsp3) is 0.300. The van der Waals surface area contributed by atoms with E-state index >= 15 is 0 Å². The monoisotopic (exact) mass is 332 g/mol. The summed E-state index contributed by atoms with van der Waals surface area (Å²) < 4.78 is 62.2. The van der Waals surface area contributed by atoms with Crippen LogP contribution in [0.1, 0.15) is 10.4 Å². The lowest BCUT2D eigenvalue weighted by molar-refractivity contribution is -0.322. The van der Waals surface area contributed by atoms with E-state index in [4.69, 9.17) is 16.7 Å². The molecule has 0 spiro atoms. The zero-order chi connectivity index (χ0) is 15.6. The molecule has 0 bridgehead atoms. The number of carbonyl (C=O) groups is 1. The van der Waals surface area contributed by atoms with E-state index in [1.165, 1.54) is 0 Å². The molecule has 0 fully saturated rings. The van der Waals surface area contributed by atoms with E-state index in [1.807, 2.05) is 0 Å². The lowest BCUT2D eigenvalue weighted by atomic mass is 10.2. The number of carboxylic acid groups (broad SMARTS) is 1. The summed E-state index contributed by atoms with van der Waals surface area (Å²) in [4.78, 5) is 10.2. The maximum atomic E-state index is 11.8. The minimum absolute atomic E-state index is 0.276. The van der Waals surface area contributed by atoms with Crippen LogP contribution in [0.4, 0.5) is 13.2 Å². The van der Waals surface area contributed by atoms with Crippen molar-refractivity contribution in [3.05, 3.63) is 28.8 Å². The Morgan fingerprint density at radius 1 is 1.35 bits per heavy atom. The van der Waals surface area contributed by atoms with Crippen molar-refractivity contribution in [2.75, 3.05) is 12.4 Å². The molecule has 10 heteroatoms. The maximum Gasteiger partial charge on any atom is 0.522 e. The standard InChI is InChI=1S/C10H8ClF3O5S/c11-7-2-1-6(9(15)16)5-8(7)20(17,18)4-3-19-10(12,13)14/h1-2,5H,3-4H2,(H,15,16). The molecular formula is C10H8ClF3O5S. The predicted octanol–water partition coefficient (Wildman–Crippen LogP) is 2.35. The third-order valence-corrected chi connectivity index (χ3v) is 4.28. The lowest BCUT2D eigenvalue weighted by Crippen LogP contribution is -2.20. The van der Waals surface area contributed by atoms with Crippen molar-refractivity contribution in [2.45, 2.75) is 11.3 Å². The summed E-state index contributed by atoms with van der Waals surface area (Å²) in [5.41, 5.74) is -0.343. The van der Waals surface area contributed by atoms with E-state index in [0.717, 1.165) is 18.2 Å². The van der Waals surface area contributed by atoms with E-state index in [1.54, 1.807) is 0 Å². The molecule has 0 heterocycles. The molecule has 1 rings (SSSR count). The fourth-order valence-electron chi connectivity index (χ4n) is 1.25. The van der Waals surface area contributed by atoms with Crippen molar-refractivity contribution < 1.29 is 36.2 Å². The van der Waals surface area contributed by atoms with Gasteiger partial charge in [-0.1, -0.05) is 11.6 Å². The average Bonchev–Trinajstić information content (AvgIpc) is 2.26. The summed E-state index contributed by atoms with van der Waals surface area (Å²) in [5, 5.41) is 8.46. The van der Waals surface area contributed by atoms with Gasteiger partial charge in [-0.15, -0.1) is 13.2 Å². The van der Waals surface area contributed by atoms with Crippen molar-refractivity contribution in [1.82, 2.24) is 0 Å². The Morgan fingerprint density at radius 3 is 2.45 bits per heavy atom. The van der Waals surface area contributed by atoms with Crippen LogP contribution in [-0.4, -0.2) is 38.2 Å². The summed E-state index contributed by atoms with van der Waals surface area (Å²) in [7, 11) is -4.19. The SMILES string of the molecule is O=C(O)c1ccc(Cl)c(S(=O)(=O)CCOC(F)(F)F)c1. The van der Waals surface area contributed by atoms with Crippen molar-refractivity contribution >= 4 is 27.4 Å². The molecule has 0 aliphatic rings. The predicted molar refractivity (Wildman–Crippen MR) is 62.5 cm³/mol. The van der Waals surface area contributed by atoms with E-state index in [0.29, 0.717) is 0 Å². The number of benzene rings is 1. The maximum absolute atomic E-state index is 11.8. The Bertz CT molecular complexity index is 612. The minimum Gasteiger partial charge on any atom is -0.478 e. The van der Waals surface area contributed by atoms with Crippen molar-refractivity contribution in [2.24, 2.45) is 0 Å². The highest BCUT2D eigenvalue weighted by Crippen LogP contribution is 2.24. The number of halogens is 4. The van der Waals surface area contributed by atoms with Gasteiger partial charge in [0.15, 0.2) is 9.84 Å². The number of carboxylic acids is 1. The van der Waals surface area contributed by atoms with E-state index in [2.05, 4.69) is 4.74 Å². The molecule has 0 saturated heterocycles. The third-order valence-electron chi connectivity index (χ3n) is 2.13. The molecule has 20 heavy (non-hydrogen) atoms. The molecule has 0 amide bonds. The van der Waals surface area contributed by atoms with Crippen LogP contribution >= 0.6 is 11.6 Å². The van der Waals surface area contributed by atoms with Gasteiger partial charge in [-0.3, -0.25) is 4.74 Å². The molecule has 0 aliphatic heterocycles. The Kier molecular flexibility index (Phi) is 5.00. The van der Waals surface area contributed by atoms with E-state index < -0.39 is 39.4 Å². The molecule has 5 nitrogen and oxygen atoms in total. The third kappa shape index (κ3) is 4.66. The lowest BCUT2D eigenvalue weighted by Gasteiger charge is -2.09. The molecule has 0 aliphatic carbocycles. The van der Waals surface area contributed by atoms with E-state index in [-0.39, 0.29) is 10.6 Å².